The van der Waals surface area contributed by atoms with E-state index in [4.69, 9.17) is 14.2 Å². The van der Waals surface area contributed by atoms with E-state index >= 15 is 0 Å². The number of nitrogens with one attached hydrogen (secondary N) is 2. The van der Waals surface area contributed by atoms with Crippen LogP contribution in [0.25, 0.3) is 0 Å². The van der Waals surface area contributed by atoms with E-state index in [2.05, 4.69) is 15.6 Å². The minimum absolute atomic E-state index is 0.0869. The Hall–Kier alpha value is -3.62. The summed E-state index contributed by atoms with van der Waals surface area (Å²) in [5.41, 5.74) is 1.53. The zero-order chi connectivity index (χ0) is 21.1. The van der Waals surface area contributed by atoms with E-state index in [1.165, 1.54) is 14.2 Å². The minimum atomic E-state index is -0.926. The maximum Gasteiger partial charge on any atom is 0.407 e. The SMILES string of the molecule is COC(=O)[C@H](Cc1ccc(OC)nc1)NC(=O)CNC(=O)OCc1ccccc1. The first kappa shape index (κ1) is 21.7. The number of carbonyl (C=O) groups is 3. The molecule has 1 atom stereocenters. The Morgan fingerprint density at radius 3 is 2.41 bits per heavy atom. The van der Waals surface area contributed by atoms with Crippen molar-refractivity contribution in [2.45, 2.75) is 19.1 Å². The topological polar surface area (TPSA) is 116 Å². The van der Waals surface area contributed by atoms with Gasteiger partial charge in [0.2, 0.25) is 11.8 Å². The van der Waals surface area contributed by atoms with Crippen LogP contribution in [-0.4, -0.2) is 49.8 Å². The van der Waals surface area contributed by atoms with E-state index in [9.17, 15) is 14.4 Å². The molecule has 0 fully saturated rings. The molecule has 9 nitrogen and oxygen atoms in total. The molecule has 0 aliphatic heterocycles. The highest BCUT2D eigenvalue weighted by Crippen LogP contribution is 2.09. The summed E-state index contributed by atoms with van der Waals surface area (Å²) >= 11 is 0. The predicted octanol–water partition coefficient (Wildman–Crippen LogP) is 1.22. The molecule has 154 valence electrons. The second kappa shape index (κ2) is 11.3. The quantitative estimate of drug-likeness (QED) is 0.607. The molecule has 9 heteroatoms. The minimum Gasteiger partial charge on any atom is -0.481 e. The summed E-state index contributed by atoms with van der Waals surface area (Å²) in [7, 11) is 2.73. The molecule has 2 amide bonds. The predicted molar refractivity (Wildman–Crippen MR) is 103 cm³/mol. The van der Waals surface area contributed by atoms with Crippen LogP contribution in [0.2, 0.25) is 0 Å². The van der Waals surface area contributed by atoms with Gasteiger partial charge >= 0.3 is 12.1 Å². The second-order valence-electron chi connectivity index (χ2n) is 5.97. The molecule has 0 unspecified atom stereocenters. The largest absolute Gasteiger partial charge is 0.481 e. The highest BCUT2D eigenvalue weighted by Gasteiger charge is 2.22. The highest BCUT2D eigenvalue weighted by molar-refractivity contribution is 5.87. The summed E-state index contributed by atoms with van der Waals surface area (Å²) in [5, 5.41) is 4.87. The van der Waals surface area contributed by atoms with Gasteiger partial charge in [0, 0.05) is 18.7 Å². The number of ether oxygens (including phenoxy) is 3. The lowest BCUT2D eigenvalue weighted by molar-refractivity contribution is -0.144. The lowest BCUT2D eigenvalue weighted by atomic mass is 10.1. The molecule has 0 saturated heterocycles. The van der Waals surface area contributed by atoms with Crippen molar-refractivity contribution in [1.29, 1.82) is 0 Å². The zero-order valence-electron chi connectivity index (χ0n) is 16.2. The molecule has 0 aliphatic rings. The third-order valence-corrected chi connectivity index (χ3v) is 3.87. The first-order valence-corrected chi connectivity index (χ1v) is 8.82. The van der Waals surface area contributed by atoms with Gasteiger partial charge < -0.3 is 24.8 Å². The summed E-state index contributed by atoms with van der Waals surface area (Å²) in [5.74, 6) is -0.732. The van der Waals surface area contributed by atoms with Gasteiger partial charge in [-0.25, -0.2) is 14.6 Å². The normalized spacial score (nSPS) is 11.1. The molecule has 2 aromatic rings. The number of hydrogen-bond donors (Lipinski definition) is 2. The van der Waals surface area contributed by atoms with Crippen LogP contribution in [0.3, 0.4) is 0 Å². The summed E-state index contributed by atoms with van der Waals surface area (Å²) in [4.78, 5) is 39.9. The summed E-state index contributed by atoms with van der Waals surface area (Å²) in [6.45, 7) is -0.258. The molecular weight excluding hydrogens is 378 g/mol. The van der Waals surface area contributed by atoms with E-state index in [1.54, 1.807) is 18.3 Å². The average Bonchev–Trinajstić information content (AvgIpc) is 2.76. The molecule has 2 N–H and O–H groups in total. The van der Waals surface area contributed by atoms with Gasteiger partial charge in [-0.2, -0.15) is 0 Å². The standard InChI is InChI=1S/C20H23N3O6/c1-27-18-9-8-15(11-21-18)10-16(19(25)28-2)23-17(24)12-22-20(26)29-13-14-6-4-3-5-7-14/h3-9,11,16H,10,12-13H2,1-2H3,(H,22,26)(H,23,24)/t16-/m0/s1. The number of nitrogens with zero attached hydrogens (tertiary/aromatic N) is 1. The zero-order valence-corrected chi connectivity index (χ0v) is 16.2. The van der Waals surface area contributed by atoms with Gasteiger partial charge in [0.1, 0.15) is 19.2 Å². The van der Waals surface area contributed by atoms with Crippen LogP contribution in [0.5, 0.6) is 5.88 Å². The van der Waals surface area contributed by atoms with E-state index in [1.807, 2.05) is 30.3 Å². The van der Waals surface area contributed by atoms with E-state index < -0.39 is 24.0 Å². The van der Waals surface area contributed by atoms with Gasteiger partial charge in [0.05, 0.1) is 14.2 Å². The van der Waals surface area contributed by atoms with Gasteiger partial charge in [0.25, 0.3) is 0 Å². The number of pyridine rings is 1. The Morgan fingerprint density at radius 1 is 1.03 bits per heavy atom. The Kier molecular flexibility index (Phi) is 8.43. The van der Waals surface area contributed by atoms with Crippen LogP contribution in [0, 0.1) is 0 Å². The number of carbonyl (C=O) groups excluding carboxylic acids is 3. The number of esters is 1. The number of hydrogen-bond acceptors (Lipinski definition) is 7. The van der Waals surface area contributed by atoms with Crippen molar-refractivity contribution in [1.82, 2.24) is 15.6 Å². The lowest BCUT2D eigenvalue weighted by Crippen LogP contribution is -2.47. The molecule has 0 radical (unpaired) electrons. The molecule has 1 aromatic carbocycles. The van der Waals surface area contributed by atoms with Crippen LogP contribution >= 0.6 is 0 Å². The van der Waals surface area contributed by atoms with Crippen molar-refractivity contribution in [2.24, 2.45) is 0 Å². The van der Waals surface area contributed by atoms with Crippen LogP contribution < -0.4 is 15.4 Å². The third kappa shape index (κ3) is 7.49. The molecule has 0 aliphatic carbocycles. The Morgan fingerprint density at radius 2 is 1.79 bits per heavy atom. The van der Waals surface area contributed by atoms with E-state index in [0.717, 1.165) is 5.56 Å². The molecule has 0 spiro atoms. The van der Waals surface area contributed by atoms with Crippen molar-refractivity contribution >= 4 is 18.0 Å². The van der Waals surface area contributed by atoms with Gasteiger partial charge in [-0.15, -0.1) is 0 Å². The van der Waals surface area contributed by atoms with Crippen molar-refractivity contribution in [3.8, 4) is 5.88 Å². The molecule has 1 aromatic heterocycles. The van der Waals surface area contributed by atoms with Gasteiger partial charge in [0.15, 0.2) is 0 Å². The maximum atomic E-state index is 12.1. The van der Waals surface area contributed by atoms with E-state index in [-0.39, 0.29) is 19.6 Å². The number of benzene rings is 1. The number of rotatable bonds is 9. The Labute approximate surface area is 168 Å². The number of aromatic nitrogens is 1. The van der Waals surface area contributed by atoms with E-state index in [0.29, 0.717) is 11.4 Å². The second-order valence-corrected chi connectivity index (χ2v) is 5.97. The molecule has 29 heavy (non-hydrogen) atoms. The fourth-order valence-corrected chi connectivity index (χ4v) is 2.40. The Balaban J connectivity index is 1.82. The molecule has 0 saturated carbocycles. The average molecular weight is 401 g/mol. The number of alkyl carbamates (subject to hydrolysis) is 1. The molecule has 2 rings (SSSR count). The van der Waals surface area contributed by atoms with Gasteiger partial charge in [-0.1, -0.05) is 36.4 Å². The summed E-state index contributed by atoms with van der Waals surface area (Å²) in [6.07, 6.45) is 0.978. The van der Waals surface area contributed by atoms with Crippen molar-refractivity contribution in [3.05, 3.63) is 59.8 Å². The van der Waals surface area contributed by atoms with Crippen LogP contribution in [0.4, 0.5) is 4.79 Å². The van der Waals surface area contributed by atoms with Crippen molar-refractivity contribution < 1.29 is 28.6 Å². The molecule has 1 heterocycles. The first-order chi connectivity index (χ1) is 14.0. The van der Waals surface area contributed by atoms with Crippen LogP contribution in [0.1, 0.15) is 11.1 Å². The van der Waals surface area contributed by atoms with Gasteiger partial charge in [-0.3, -0.25) is 4.79 Å². The van der Waals surface area contributed by atoms with Gasteiger partial charge in [-0.05, 0) is 11.1 Å². The van der Waals surface area contributed by atoms with Crippen LogP contribution in [-0.2, 0) is 32.1 Å². The summed E-state index contributed by atoms with van der Waals surface area (Å²) in [6, 6.07) is 11.6. The fourth-order valence-electron chi connectivity index (χ4n) is 2.40. The monoisotopic (exact) mass is 401 g/mol. The lowest BCUT2D eigenvalue weighted by Gasteiger charge is -2.17. The number of methoxy groups -OCH3 is 2. The third-order valence-electron chi connectivity index (χ3n) is 3.87. The van der Waals surface area contributed by atoms with Crippen molar-refractivity contribution in [3.63, 3.8) is 0 Å². The first-order valence-electron chi connectivity index (χ1n) is 8.82. The van der Waals surface area contributed by atoms with Crippen molar-refractivity contribution in [2.75, 3.05) is 20.8 Å². The number of amides is 2. The fraction of sp³-hybridized carbons (Fsp3) is 0.300. The molecule has 0 bridgehead atoms. The van der Waals surface area contributed by atoms with Crippen LogP contribution in [0.15, 0.2) is 48.7 Å². The highest BCUT2D eigenvalue weighted by atomic mass is 16.5. The smallest absolute Gasteiger partial charge is 0.407 e. The Bertz CT molecular complexity index is 811. The molecular formula is C20H23N3O6. The maximum absolute atomic E-state index is 12.1. The summed E-state index contributed by atoms with van der Waals surface area (Å²) < 4.78 is 14.7.